The van der Waals surface area contributed by atoms with Crippen LogP contribution in [0.3, 0.4) is 0 Å². The van der Waals surface area contributed by atoms with Crippen LogP contribution < -0.4 is 0 Å². The Morgan fingerprint density at radius 3 is 2.28 bits per heavy atom. The average Bonchev–Trinajstić information content (AvgIpc) is 3.21. The van der Waals surface area contributed by atoms with E-state index in [2.05, 4.69) is 12.1 Å². The van der Waals surface area contributed by atoms with Crippen molar-refractivity contribution in [2.24, 2.45) is 0 Å². The summed E-state index contributed by atoms with van der Waals surface area (Å²) in [6.45, 7) is 0. The van der Waals surface area contributed by atoms with E-state index in [4.69, 9.17) is 5.10 Å². The maximum atomic E-state index is 13.1. The molecule has 0 atom stereocenters. The summed E-state index contributed by atoms with van der Waals surface area (Å²) >= 11 is 0. The molecule has 29 heavy (non-hydrogen) atoms. The molecule has 1 aliphatic rings. The molecule has 3 nitrogen and oxygen atoms in total. The Balaban J connectivity index is 1.62. The number of carbonyl (C=O) groups excluding carboxylic acids is 1. The van der Waals surface area contributed by atoms with Gasteiger partial charge >= 0.3 is 0 Å². The zero-order valence-corrected chi connectivity index (χ0v) is 16.0. The molecule has 0 spiro atoms. The summed E-state index contributed by atoms with van der Waals surface area (Å²) in [5.41, 5.74) is 6.68. The number of rotatable bonds is 3. The number of hydrogen-bond donors (Lipinski definition) is 0. The number of Topliss-reactive ketones (excluding diaryl/α,β-unsaturated/α-hetero) is 1. The number of aromatic nitrogens is 2. The highest BCUT2D eigenvalue weighted by Crippen LogP contribution is 2.30. The summed E-state index contributed by atoms with van der Waals surface area (Å²) in [7, 11) is 0. The molecular formula is C26H20N2O. The molecule has 3 heteroatoms. The predicted molar refractivity (Wildman–Crippen MR) is 116 cm³/mol. The molecule has 3 aromatic carbocycles. The van der Waals surface area contributed by atoms with E-state index in [1.807, 2.05) is 89.8 Å². The molecule has 0 N–H and O–H groups in total. The molecule has 140 valence electrons. The summed E-state index contributed by atoms with van der Waals surface area (Å²) in [4.78, 5) is 13.1. The monoisotopic (exact) mass is 376 g/mol. The standard InChI is InChI=1S/C26H20N2O/c29-26-21(16-15-19-9-7-8-14-24(19)26)17-22-18-28(23-12-5-2-6-13-23)27-25(22)20-10-3-1-4-11-20/h1-14,17-18H,15-16H2. The highest BCUT2D eigenvalue weighted by molar-refractivity contribution is 6.13. The van der Waals surface area contributed by atoms with E-state index in [9.17, 15) is 4.79 Å². The van der Waals surface area contributed by atoms with Gasteiger partial charge in [0.15, 0.2) is 5.78 Å². The topological polar surface area (TPSA) is 34.9 Å². The van der Waals surface area contributed by atoms with Crippen molar-refractivity contribution in [3.8, 4) is 16.9 Å². The third-order valence-electron chi connectivity index (χ3n) is 5.36. The Bertz CT molecular complexity index is 1200. The molecule has 1 heterocycles. The van der Waals surface area contributed by atoms with E-state index in [1.54, 1.807) is 0 Å². The summed E-state index contributed by atoms with van der Waals surface area (Å²) in [6, 6.07) is 28.1. The van der Waals surface area contributed by atoms with Crippen molar-refractivity contribution >= 4 is 11.9 Å². The maximum absolute atomic E-state index is 13.1. The number of ketones is 1. The van der Waals surface area contributed by atoms with Gasteiger partial charge in [-0.05, 0) is 36.6 Å². The fourth-order valence-electron chi connectivity index (χ4n) is 3.87. The molecule has 0 aliphatic heterocycles. The third kappa shape index (κ3) is 3.32. The minimum absolute atomic E-state index is 0.123. The summed E-state index contributed by atoms with van der Waals surface area (Å²) < 4.78 is 1.88. The zero-order chi connectivity index (χ0) is 19.6. The van der Waals surface area contributed by atoms with Gasteiger partial charge in [-0.15, -0.1) is 0 Å². The lowest BCUT2D eigenvalue weighted by molar-refractivity contribution is 0.102. The van der Waals surface area contributed by atoms with Crippen molar-refractivity contribution in [1.29, 1.82) is 0 Å². The van der Waals surface area contributed by atoms with Crippen molar-refractivity contribution in [3.05, 3.63) is 113 Å². The van der Waals surface area contributed by atoms with Crippen LogP contribution >= 0.6 is 0 Å². The number of allylic oxidation sites excluding steroid dienone is 1. The predicted octanol–water partition coefficient (Wildman–Crippen LogP) is 5.75. The van der Waals surface area contributed by atoms with Crippen LogP contribution in [0.25, 0.3) is 23.0 Å². The highest BCUT2D eigenvalue weighted by atomic mass is 16.1. The Hall–Kier alpha value is -3.72. The molecule has 0 fully saturated rings. The SMILES string of the molecule is O=C1C(=Cc2cn(-c3ccccc3)nc2-c2ccccc2)CCc2ccccc21. The van der Waals surface area contributed by atoms with Crippen molar-refractivity contribution in [3.63, 3.8) is 0 Å². The van der Waals surface area contributed by atoms with Gasteiger partial charge in [-0.1, -0.05) is 72.8 Å². The van der Waals surface area contributed by atoms with Crippen LogP contribution in [0.1, 0.15) is 27.9 Å². The highest BCUT2D eigenvalue weighted by Gasteiger charge is 2.22. The van der Waals surface area contributed by atoms with Crippen LogP contribution in [0.15, 0.2) is 96.7 Å². The quantitative estimate of drug-likeness (QED) is 0.427. The fraction of sp³-hybridized carbons (Fsp3) is 0.0769. The van der Waals surface area contributed by atoms with Gasteiger partial charge in [0, 0.05) is 28.5 Å². The Morgan fingerprint density at radius 1 is 0.793 bits per heavy atom. The lowest BCUT2D eigenvalue weighted by Gasteiger charge is -2.17. The average molecular weight is 376 g/mol. The molecular weight excluding hydrogens is 356 g/mol. The number of aryl methyl sites for hydroxylation is 1. The molecule has 0 saturated heterocycles. The van der Waals surface area contributed by atoms with Gasteiger partial charge in [0.2, 0.25) is 0 Å². The fourth-order valence-corrected chi connectivity index (χ4v) is 3.87. The van der Waals surface area contributed by atoms with E-state index in [0.29, 0.717) is 0 Å². The van der Waals surface area contributed by atoms with Crippen LogP contribution in [-0.2, 0) is 6.42 Å². The second-order valence-corrected chi connectivity index (χ2v) is 7.24. The first-order valence-electron chi connectivity index (χ1n) is 9.83. The molecule has 0 unspecified atom stereocenters. The van der Waals surface area contributed by atoms with Crippen molar-refractivity contribution in [2.45, 2.75) is 12.8 Å². The van der Waals surface area contributed by atoms with E-state index >= 15 is 0 Å². The van der Waals surface area contributed by atoms with Gasteiger partial charge < -0.3 is 0 Å². The lowest BCUT2D eigenvalue weighted by atomic mass is 9.86. The number of fused-ring (bicyclic) bond motifs is 1. The van der Waals surface area contributed by atoms with E-state index in [-0.39, 0.29) is 5.78 Å². The number of benzene rings is 3. The van der Waals surface area contributed by atoms with Crippen molar-refractivity contribution < 1.29 is 4.79 Å². The van der Waals surface area contributed by atoms with Crippen LogP contribution in [0.4, 0.5) is 0 Å². The lowest BCUT2D eigenvalue weighted by Crippen LogP contribution is -2.13. The van der Waals surface area contributed by atoms with Crippen molar-refractivity contribution in [1.82, 2.24) is 9.78 Å². The molecule has 1 aromatic heterocycles. The summed E-state index contributed by atoms with van der Waals surface area (Å²) in [5, 5.41) is 4.85. The second-order valence-electron chi connectivity index (χ2n) is 7.24. The Kier molecular flexibility index (Phi) is 4.41. The van der Waals surface area contributed by atoms with Gasteiger partial charge in [-0.25, -0.2) is 4.68 Å². The molecule has 0 saturated carbocycles. The largest absolute Gasteiger partial charge is 0.289 e. The van der Waals surface area contributed by atoms with E-state index in [1.165, 1.54) is 0 Å². The number of carbonyl (C=O) groups is 1. The van der Waals surface area contributed by atoms with E-state index in [0.717, 1.165) is 52.0 Å². The van der Waals surface area contributed by atoms with E-state index < -0.39 is 0 Å². The molecule has 1 aliphatic carbocycles. The normalized spacial score (nSPS) is 14.8. The van der Waals surface area contributed by atoms with Gasteiger partial charge in [0.05, 0.1) is 11.4 Å². The maximum Gasteiger partial charge on any atom is 0.189 e. The van der Waals surface area contributed by atoms with Crippen LogP contribution in [0, 0.1) is 0 Å². The molecule has 0 amide bonds. The van der Waals surface area contributed by atoms with Gasteiger partial charge in [-0.2, -0.15) is 5.10 Å². The number of para-hydroxylation sites is 1. The van der Waals surface area contributed by atoms with Gasteiger partial charge in [0.25, 0.3) is 0 Å². The molecule has 0 bridgehead atoms. The minimum atomic E-state index is 0.123. The Morgan fingerprint density at radius 2 is 1.48 bits per heavy atom. The number of hydrogen-bond acceptors (Lipinski definition) is 2. The van der Waals surface area contributed by atoms with Gasteiger partial charge in [0.1, 0.15) is 0 Å². The Labute approximate surface area is 170 Å². The summed E-state index contributed by atoms with van der Waals surface area (Å²) in [5.74, 6) is 0.123. The first-order chi connectivity index (χ1) is 14.3. The first kappa shape index (κ1) is 17.4. The molecule has 4 aromatic rings. The first-order valence-corrected chi connectivity index (χ1v) is 9.83. The van der Waals surface area contributed by atoms with Crippen LogP contribution in [-0.4, -0.2) is 15.6 Å². The van der Waals surface area contributed by atoms with Crippen LogP contribution in [0.2, 0.25) is 0 Å². The third-order valence-corrected chi connectivity index (χ3v) is 5.36. The van der Waals surface area contributed by atoms with Gasteiger partial charge in [-0.3, -0.25) is 4.79 Å². The number of nitrogens with zero attached hydrogens (tertiary/aromatic N) is 2. The summed E-state index contributed by atoms with van der Waals surface area (Å²) in [6.07, 6.45) is 5.67. The molecule has 5 rings (SSSR count). The zero-order valence-electron chi connectivity index (χ0n) is 16.0. The van der Waals surface area contributed by atoms with Crippen molar-refractivity contribution in [2.75, 3.05) is 0 Å². The smallest absolute Gasteiger partial charge is 0.189 e. The second kappa shape index (κ2) is 7.36. The van der Waals surface area contributed by atoms with Crippen LogP contribution in [0.5, 0.6) is 0 Å². The minimum Gasteiger partial charge on any atom is -0.289 e. The molecule has 0 radical (unpaired) electrons.